The highest BCUT2D eigenvalue weighted by Gasteiger charge is 2.29. The summed E-state index contributed by atoms with van der Waals surface area (Å²) in [6.45, 7) is 8.02. The van der Waals surface area contributed by atoms with Crippen molar-refractivity contribution in [3.05, 3.63) is 90.0 Å². The number of para-hydroxylation sites is 1. The molecule has 3 aromatic carbocycles. The summed E-state index contributed by atoms with van der Waals surface area (Å²) in [7, 11) is -3.94. The highest BCUT2D eigenvalue weighted by molar-refractivity contribution is 7.92. The monoisotopic (exact) mass is 519 g/mol. The summed E-state index contributed by atoms with van der Waals surface area (Å²) >= 11 is 0. The van der Waals surface area contributed by atoms with Crippen molar-refractivity contribution < 1.29 is 13.2 Å². The quantitative estimate of drug-likeness (QED) is 0.402. The largest absolute Gasteiger partial charge is 0.371 e. The van der Waals surface area contributed by atoms with Crippen molar-refractivity contribution >= 4 is 27.3 Å². The second kappa shape index (κ2) is 11.8. The molecule has 2 unspecified atom stereocenters. The first kappa shape index (κ1) is 26.7. The molecule has 0 bridgehead atoms. The van der Waals surface area contributed by atoms with Gasteiger partial charge >= 0.3 is 0 Å². The number of aryl methyl sites for hydroxylation is 1. The molecule has 7 heteroatoms. The van der Waals surface area contributed by atoms with Crippen molar-refractivity contribution in [1.82, 2.24) is 5.32 Å². The molecule has 0 spiro atoms. The van der Waals surface area contributed by atoms with Crippen LogP contribution in [0.1, 0.15) is 50.8 Å². The van der Waals surface area contributed by atoms with Crippen LogP contribution in [0.2, 0.25) is 0 Å². The first-order chi connectivity index (χ1) is 17.8. The average Bonchev–Trinajstić information content (AvgIpc) is 2.92. The zero-order chi connectivity index (χ0) is 26.4. The normalized spacial score (nSPS) is 16.7. The number of rotatable bonds is 9. The number of piperidine rings is 1. The summed E-state index contributed by atoms with van der Waals surface area (Å²) in [4.78, 5) is 15.8. The van der Waals surface area contributed by atoms with Gasteiger partial charge < -0.3 is 10.2 Å². The Morgan fingerprint density at radius 3 is 2.38 bits per heavy atom. The van der Waals surface area contributed by atoms with Crippen molar-refractivity contribution in [3.63, 3.8) is 0 Å². The molecule has 3 aromatic rings. The van der Waals surface area contributed by atoms with E-state index in [1.807, 2.05) is 38.1 Å². The zero-order valence-electron chi connectivity index (χ0n) is 21.9. The number of benzene rings is 3. The minimum Gasteiger partial charge on any atom is -0.371 e. The number of hydrogen-bond donors (Lipinski definition) is 1. The summed E-state index contributed by atoms with van der Waals surface area (Å²) in [5, 5.41) is 3.00. The number of amides is 1. The average molecular weight is 520 g/mol. The van der Waals surface area contributed by atoms with E-state index >= 15 is 0 Å². The third-order valence-electron chi connectivity index (χ3n) is 7.05. The lowest BCUT2D eigenvalue weighted by Gasteiger charge is -2.33. The number of nitrogens with one attached hydrogen (secondary N) is 1. The van der Waals surface area contributed by atoms with Crippen molar-refractivity contribution in [2.75, 3.05) is 28.8 Å². The molecule has 1 saturated heterocycles. The number of anilines is 2. The van der Waals surface area contributed by atoms with Crippen LogP contribution in [0.3, 0.4) is 0 Å². The maximum absolute atomic E-state index is 13.6. The van der Waals surface area contributed by atoms with E-state index in [4.69, 9.17) is 0 Å². The number of carbonyl (C=O) groups excluding carboxylic acids is 1. The molecule has 1 aliphatic heterocycles. The van der Waals surface area contributed by atoms with Crippen LogP contribution < -0.4 is 14.5 Å². The van der Waals surface area contributed by atoms with E-state index in [1.54, 1.807) is 42.5 Å². The molecule has 1 aliphatic rings. The van der Waals surface area contributed by atoms with Gasteiger partial charge in [0.2, 0.25) is 5.91 Å². The minimum absolute atomic E-state index is 0.157. The van der Waals surface area contributed by atoms with Crippen LogP contribution in [0.25, 0.3) is 0 Å². The van der Waals surface area contributed by atoms with Gasteiger partial charge in [0.1, 0.15) is 6.54 Å². The highest BCUT2D eigenvalue weighted by atomic mass is 32.2. The van der Waals surface area contributed by atoms with E-state index in [0.29, 0.717) is 18.0 Å². The Labute approximate surface area is 221 Å². The molecular formula is C30H37N3O3S. The standard InChI is InChI=1S/C30H37N3O3S/c1-4-25-12-8-9-15-29(25)33(37(35,36)28-13-6-5-7-14-28)22-30(34)31-24(3)26-16-18-27(19-17-26)32-20-10-11-23(2)21-32/h5-9,12-19,23-24H,4,10-11,20-22H2,1-3H3,(H,31,34). The fraction of sp³-hybridized carbons (Fsp3) is 0.367. The molecule has 1 amide bonds. The van der Waals surface area contributed by atoms with Crippen molar-refractivity contribution in [2.24, 2.45) is 5.92 Å². The molecule has 4 rings (SSSR count). The fourth-order valence-electron chi connectivity index (χ4n) is 4.97. The molecule has 0 aromatic heterocycles. The number of nitrogens with zero attached hydrogens (tertiary/aromatic N) is 2. The second-order valence-corrected chi connectivity index (χ2v) is 11.7. The van der Waals surface area contributed by atoms with Crippen LogP contribution in [0.4, 0.5) is 11.4 Å². The van der Waals surface area contributed by atoms with E-state index in [0.717, 1.165) is 24.2 Å². The molecule has 1 N–H and O–H groups in total. The minimum atomic E-state index is -3.94. The van der Waals surface area contributed by atoms with E-state index in [-0.39, 0.29) is 23.4 Å². The lowest BCUT2D eigenvalue weighted by Crippen LogP contribution is -2.42. The first-order valence-corrected chi connectivity index (χ1v) is 14.5. The third kappa shape index (κ3) is 6.34. The first-order valence-electron chi connectivity index (χ1n) is 13.1. The summed E-state index contributed by atoms with van der Waals surface area (Å²) in [6, 6.07) is 23.7. The predicted octanol–water partition coefficient (Wildman–Crippen LogP) is 5.56. The molecule has 1 heterocycles. The van der Waals surface area contributed by atoms with Gasteiger partial charge in [0.15, 0.2) is 0 Å². The topological polar surface area (TPSA) is 69.7 Å². The van der Waals surface area contributed by atoms with E-state index in [9.17, 15) is 13.2 Å². The van der Waals surface area contributed by atoms with Crippen LogP contribution in [0, 0.1) is 5.92 Å². The highest BCUT2D eigenvalue weighted by Crippen LogP contribution is 2.28. The molecule has 0 saturated carbocycles. The van der Waals surface area contributed by atoms with Crippen molar-refractivity contribution in [3.8, 4) is 0 Å². The molecule has 1 fully saturated rings. The lowest BCUT2D eigenvalue weighted by atomic mass is 9.99. The lowest BCUT2D eigenvalue weighted by molar-refractivity contribution is -0.120. The molecule has 0 aliphatic carbocycles. The molecule has 2 atom stereocenters. The Morgan fingerprint density at radius 1 is 1.03 bits per heavy atom. The zero-order valence-corrected chi connectivity index (χ0v) is 22.7. The van der Waals surface area contributed by atoms with Gasteiger partial charge in [-0.3, -0.25) is 9.10 Å². The Bertz CT molecular complexity index is 1290. The molecule has 0 radical (unpaired) electrons. The third-order valence-corrected chi connectivity index (χ3v) is 8.83. The Balaban J connectivity index is 1.52. The number of hydrogen-bond acceptors (Lipinski definition) is 4. The molecular weight excluding hydrogens is 482 g/mol. The second-order valence-electron chi connectivity index (χ2n) is 9.88. The molecule has 196 valence electrons. The van der Waals surface area contributed by atoms with Gasteiger partial charge in [0, 0.05) is 18.8 Å². The maximum Gasteiger partial charge on any atom is 0.264 e. The van der Waals surface area contributed by atoms with E-state index in [1.165, 1.54) is 22.8 Å². The molecule has 37 heavy (non-hydrogen) atoms. The van der Waals surface area contributed by atoms with Gasteiger partial charge in [0.25, 0.3) is 10.0 Å². The summed E-state index contributed by atoms with van der Waals surface area (Å²) in [5.74, 6) is 0.339. The Morgan fingerprint density at radius 2 is 1.70 bits per heavy atom. The summed E-state index contributed by atoms with van der Waals surface area (Å²) in [6.07, 6.45) is 3.13. The van der Waals surface area contributed by atoms with E-state index < -0.39 is 10.0 Å². The van der Waals surface area contributed by atoms with Crippen LogP contribution in [-0.4, -0.2) is 34.0 Å². The van der Waals surface area contributed by atoms with Crippen LogP contribution in [0.15, 0.2) is 83.8 Å². The van der Waals surface area contributed by atoms with Crippen molar-refractivity contribution in [1.29, 1.82) is 0 Å². The van der Waals surface area contributed by atoms with Gasteiger partial charge in [-0.05, 0) is 73.6 Å². The van der Waals surface area contributed by atoms with Crippen LogP contribution >= 0.6 is 0 Å². The van der Waals surface area contributed by atoms with E-state index in [2.05, 4.69) is 29.3 Å². The van der Waals surface area contributed by atoms with Gasteiger partial charge in [-0.2, -0.15) is 0 Å². The Kier molecular flexibility index (Phi) is 8.54. The summed E-state index contributed by atoms with van der Waals surface area (Å²) < 4.78 is 28.5. The number of sulfonamides is 1. The van der Waals surface area contributed by atoms with Crippen LogP contribution in [0.5, 0.6) is 0 Å². The fourth-order valence-corrected chi connectivity index (χ4v) is 6.45. The van der Waals surface area contributed by atoms with Gasteiger partial charge in [-0.15, -0.1) is 0 Å². The Hall–Kier alpha value is -3.32. The van der Waals surface area contributed by atoms with Crippen LogP contribution in [-0.2, 0) is 21.2 Å². The van der Waals surface area contributed by atoms with Crippen molar-refractivity contribution in [2.45, 2.75) is 51.0 Å². The smallest absolute Gasteiger partial charge is 0.264 e. The maximum atomic E-state index is 13.6. The number of carbonyl (C=O) groups is 1. The van der Waals surface area contributed by atoms with Gasteiger partial charge in [0.05, 0.1) is 16.6 Å². The SMILES string of the molecule is CCc1ccccc1N(CC(=O)NC(C)c1ccc(N2CCCC(C)C2)cc1)S(=O)(=O)c1ccccc1. The summed E-state index contributed by atoms with van der Waals surface area (Å²) in [5.41, 5.74) is 3.57. The van der Waals surface area contributed by atoms with Gasteiger partial charge in [-0.1, -0.05) is 62.4 Å². The predicted molar refractivity (Wildman–Crippen MR) is 150 cm³/mol. The van der Waals surface area contributed by atoms with Gasteiger partial charge in [-0.25, -0.2) is 8.42 Å². The molecule has 6 nitrogen and oxygen atoms in total.